The molecule has 3 N–H and O–H groups in total. The first-order valence-electron chi connectivity index (χ1n) is 10.1. The summed E-state index contributed by atoms with van der Waals surface area (Å²) in [4.78, 5) is 15.6. The predicted molar refractivity (Wildman–Crippen MR) is 113 cm³/mol. The molecule has 1 aromatic carbocycles. The van der Waals surface area contributed by atoms with Crippen molar-refractivity contribution < 1.29 is 35.9 Å². The number of fused-ring (bicyclic) bond motifs is 1. The normalized spacial score (nSPS) is 13.8. The number of amides is 1. The van der Waals surface area contributed by atoms with Crippen LogP contribution in [0.1, 0.15) is 18.4 Å². The summed E-state index contributed by atoms with van der Waals surface area (Å²) < 4.78 is 75.8. The zero-order valence-electron chi connectivity index (χ0n) is 17.4. The Bertz CT molecular complexity index is 1060. The van der Waals surface area contributed by atoms with Crippen LogP contribution in [0.4, 0.5) is 19.0 Å². The van der Waals surface area contributed by atoms with Gasteiger partial charge in [0.15, 0.2) is 11.5 Å². The zero-order valence-corrected chi connectivity index (χ0v) is 18.3. The van der Waals surface area contributed by atoms with Crippen LogP contribution in [0, 0.1) is 0 Å². The lowest BCUT2D eigenvalue weighted by Gasteiger charge is -2.11. The number of alkyl halides is 3. The third-order valence-electron chi connectivity index (χ3n) is 4.52. The average Bonchev–Trinajstić information content (AvgIpc) is 3.01. The van der Waals surface area contributed by atoms with Gasteiger partial charge in [0.05, 0.1) is 23.7 Å². The Morgan fingerprint density at radius 1 is 1.03 bits per heavy atom. The number of nitrogens with one attached hydrogen (secondary N) is 3. The molecule has 9 nitrogen and oxygen atoms in total. The summed E-state index contributed by atoms with van der Waals surface area (Å²) >= 11 is 0. The van der Waals surface area contributed by atoms with Gasteiger partial charge < -0.3 is 20.1 Å². The standard InChI is InChI=1S/C20H23F3N4O5S/c21-20(22,23)14-2-5-18(26-13-14)24-8-9-25-19(28)6-7-27-33(29,30)15-3-4-16-17(12-15)32-11-1-10-31-16/h2-5,12-13,27H,1,6-11H2,(H,24,26)(H,25,28). The molecule has 2 aromatic rings. The Morgan fingerprint density at radius 3 is 2.48 bits per heavy atom. The number of halogens is 3. The molecule has 0 unspecified atom stereocenters. The highest BCUT2D eigenvalue weighted by Gasteiger charge is 2.30. The van der Waals surface area contributed by atoms with Crippen molar-refractivity contribution in [2.24, 2.45) is 0 Å². The smallest absolute Gasteiger partial charge is 0.417 e. The molecular formula is C20H23F3N4O5S. The first kappa shape index (κ1) is 24.6. The van der Waals surface area contributed by atoms with Crippen molar-refractivity contribution in [3.8, 4) is 11.5 Å². The first-order chi connectivity index (χ1) is 15.6. The number of nitrogens with zero attached hydrogens (tertiary/aromatic N) is 1. The molecule has 0 fully saturated rings. The summed E-state index contributed by atoms with van der Waals surface area (Å²) in [6.45, 7) is 1.21. The van der Waals surface area contributed by atoms with Crippen molar-refractivity contribution in [2.75, 3.05) is 38.2 Å². The zero-order chi connectivity index (χ0) is 23.9. The minimum atomic E-state index is -4.46. The van der Waals surface area contributed by atoms with Crippen molar-refractivity contribution in [1.29, 1.82) is 0 Å². The molecule has 0 saturated heterocycles. The largest absolute Gasteiger partial charge is 0.490 e. The van der Waals surface area contributed by atoms with E-state index in [1.165, 1.54) is 24.3 Å². The number of aromatic nitrogens is 1. The highest BCUT2D eigenvalue weighted by atomic mass is 32.2. The van der Waals surface area contributed by atoms with Gasteiger partial charge in [-0.15, -0.1) is 0 Å². The fourth-order valence-corrected chi connectivity index (χ4v) is 3.89. The second-order valence-corrected chi connectivity index (χ2v) is 8.78. The summed E-state index contributed by atoms with van der Waals surface area (Å²) in [5.41, 5.74) is -0.851. The molecule has 1 aliphatic heterocycles. The fraction of sp³-hybridized carbons (Fsp3) is 0.400. The minimum absolute atomic E-state index is 0.000370. The molecule has 1 aromatic heterocycles. The number of hydrogen-bond acceptors (Lipinski definition) is 7. The molecule has 2 heterocycles. The summed E-state index contributed by atoms with van der Waals surface area (Å²) in [5.74, 6) is 0.674. The first-order valence-corrected chi connectivity index (χ1v) is 11.6. The van der Waals surface area contributed by atoms with Crippen molar-refractivity contribution in [3.63, 3.8) is 0 Å². The van der Waals surface area contributed by atoms with E-state index in [2.05, 4.69) is 20.3 Å². The monoisotopic (exact) mass is 488 g/mol. The molecule has 13 heteroatoms. The summed E-state index contributed by atoms with van der Waals surface area (Å²) in [6.07, 6.45) is -3.14. The number of pyridine rings is 1. The van der Waals surface area contributed by atoms with E-state index in [-0.39, 0.29) is 36.8 Å². The Hall–Kier alpha value is -3.06. The van der Waals surface area contributed by atoms with Crippen molar-refractivity contribution in [2.45, 2.75) is 23.9 Å². The van der Waals surface area contributed by atoms with Crippen LogP contribution in [0.3, 0.4) is 0 Å². The quantitative estimate of drug-likeness (QED) is 0.463. The Labute approximate surface area is 188 Å². The van der Waals surface area contributed by atoms with Gasteiger partial charge >= 0.3 is 6.18 Å². The lowest BCUT2D eigenvalue weighted by Crippen LogP contribution is -2.33. The van der Waals surface area contributed by atoms with Crippen LogP contribution in [-0.4, -0.2) is 52.2 Å². The van der Waals surface area contributed by atoms with E-state index in [0.717, 1.165) is 12.3 Å². The number of carbonyl (C=O) groups excluding carboxylic acids is 1. The van der Waals surface area contributed by atoms with Gasteiger partial charge in [-0.2, -0.15) is 13.2 Å². The van der Waals surface area contributed by atoms with E-state index in [0.29, 0.717) is 31.1 Å². The van der Waals surface area contributed by atoms with Gasteiger partial charge in [-0.05, 0) is 24.3 Å². The van der Waals surface area contributed by atoms with Gasteiger partial charge in [0.2, 0.25) is 15.9 Å². The highest BCUT2D eigenvalue weighted by Crippen LogP contribution is 2.32. The molecule has 33 heavy (non-hydrogen) atoms. The maximum atomic E-state index is 12.5. The predicted octanol–water partition coefficient (Wildman–Crippen LogP) is 2.16. The van der Waals surface area contributed by atoms with E-state index in [4.69, 9.17) is 9.47 Å². The highest BCUT2D eigenvalue weighted by molar-refractivity contribution is 7.89. The number of benzene rings is 1. The second kappa shape index (κ2) is 10.7. The third kappa shape index (κ3) is 7.22. The molecule has 180 valence electrons. The molecule has 0 bridgehead atoms. The number of rotatable bonds is 9. The van der Waals surface area contributed by atoms with Gasteiger partial charge in [0, 0.05) is 44.7 Å². The Balaban J connectivity index is 1.38. The minimum Gasteiger partial charge on any atom is -0.490 e. The lowest BCUT2D eigenvalue weighted by atomic mass is 10.3. The maximum Gasteiger partial charge on any atom is 0.417 e. The molecule has 0 radical (unpaired) electrons. The molecule has 0 aliphatic carbocycles. The SMILES string of the molecule is O=C(CCNS(=O)(=O)c1ccc2c(c1)OCCCO2)NCCNc1ccc(C(F)(F)F)cn1. The summed E-state index contributed by atoms with van der Waals surface area (Å²) in [5, 5.41) is 5.36. The van der Waals surface area contributed by atoms with Gasteiger partial charge in [0.1, 0.15) is 5.82 Å². The van der Waals surface area contributed by atoms with E-state index >= 15 is 0 Å². The van der Waals surface area contributed by atoms with Crippen LogP contribution in [0.15, 0.2) is 41.4 Å². The number of sulfonamides is 1. The fourth-order valence-electron chi connectivity index (χ4n) is 2.84. The Morgan fingerprint density at radius 2 is 1.79 bits per heavy atom. The molecule has 3 rings (SSSR count). The van der Waals surface area contributed by atoms with Crippen LogP contribution in [-0.2, 0) is 21.0 Å². The number of anilines is 1. The topological polar surface area (TPSA) is 119 Å². The van der Waals surface area contributed by atoms with Crippen molar-refractivity contribution >= 4 is 21.7 Å². The van der Waals surface area contributed by atoms with E-state index in [1.807, 2.05) is 0 Å². The second-order valence-electron chi connectivity index (χ2n) is 7.01. The van der Waals surface area contributed by atoms with Crippen molar-refractivity contribution in [1.82, 2.24) is 15.0 Å². The van der Waals surface area contributed by atoms with Gasteiger partial charge in [0.25, 0.3) is 0 Å². The van der Waals surface area contributed by atoms with Crippen LogP contribution in [0.5, 0.6) is 11.5 Å². The lowest BCUT2D eigenvalue weighted by molar-refractivity contribution is -0.137. The molecular weight excluding hydrogens is 465 g/mol. The van der Waals surface area contributed by atoms with E-state index < -0.39 is 27.7 Å². The average molecular weight is 488 g/mol. The van der Waals surface area contributed by atoms with Crippen LogP contribution >= 0.6 is 0 Å². The van der Waals surface area contributed by atoms with Gasteiger partial charge in [-0.3, -0.25) is 4.79 Å². The molecule has 1 amide bonds. The molecule has 0 spiro atoms. The summed E-state index contributed by atoms with van der Waals surface area (Å²) in [6, 6.07) is 6.41. The molecule has 0 saturated carbocycles. The third-order valence-corrected chi connectivity index (χ3v) is 5.98. The van der Waals surface area contributed by atoms with Gasteiger partial charge in [-0.25, -0.2) is 18.1 Å². The summed E-state index contributed by atoms with van der Waals surface area (Å²) in [7, 11) is -3.84. The van der Waals surface area contributed by atoms with Crippen LogP contribution in [0.25, 0.3) is 0 Å². The van der Waals surface area contributed by atoms with Crippen molar-refractivity contribution in [3.05, 3.63) is 42.1 Å². The number of hydrogen-bond donors (Lipinski definition) is 3. The van der Waals surface area contributed by atoms with E-state index in [9.17, 15) is 26.4 Å². The Kier molecular flexibility index (Phi) is 7.97. The number of carbonyl (C=O) groups is 1. The van der Waals surface area contributed by atoms with Crippen LogP contribution in [0.2, 0.25) is 0 Å². The van der Waals surface area contributed by atoms with Gasteiger partial charge in [-0.1, -0.05) is 0 Å². The molecule has 1 aliphatic rings. The van der Waals surface area contributed by atoms with Crippen LogP contribution < -0.4 is 24.8 Å². The van der Waals surface area contributed by atoms with E-state index in [1.54, 1.807) is 0 Å². The molecule has 0 atom stereocenters. The maximum absolute atomic E-state index is 12.5. The number of ether oxygens (including phenoxy) is 2.